The van der Waals surface area contributed by atoms with E-state index in [1.165, 1.54) is 0 Å². The minimum Gasteiger partial charge on any atom is -0.495 e. The quantitative estimate of drug-likeness (QED) is 0.888. The molecule has 22 heavy (non-hydrogen) atoms. The van der Waals surface area contributed by atoms with Crippen LogP contribution >= 0.6 is 0 Å². The molecule has 2 rings (SSSR count). The van der Waals surface area contributed by atoms with E-state index in [1.807, 2.05) is 39.0 Å². The van der Waals surface area contributed by atoms with Crippen molar-refractivity contribution >= 4 is 17.5 Å². The molecule has 0 spiro atoms. The Labute approximate surface area is 129 Å². The molecule has 6 heteroatoms. The van der Waals surface area contributed by atoms with E-state index < -0.39 is 0 Å². The number of ether oxygens (including phenoxy) is 1. The van der Waals surface area contributed by atoms with Crippen molar-refractivity contribution in [1.29, 1.82) is 0 Å². The largest absolute Gasteiger partial charge is 0.495 e. The van der Waals surface area contributed by atoms with Crippen molar-refractivity contribution in [3.8, 4) is 5.75 Å². The highest BCUT2D eigenvalue weighted by Crippen LogP contribution is 2.27. The Balaban J connectivity index is 2.24. The maximum Gasteiger partial charge on any atom is 0.270 e. The van der Waals surface area contributed by atoms with Crippen molar-refractivity contribution in [3.63, 3.8) is 0 Å². The summed E-state index contributed by atoms with van der Waals surface area (Å²) in [6.45, 7) is 5.78. The second kappa shape index (κ2) is 6.89. The van der Waals surface area contributed by atoms with E-state index in [0.717, 1.165) is 11.3 Å². The fourth-order valence-corrected chi connectivity index (χ4v) is 1.92. The number of aromatic nitrogens is 2. The number of aryl methyl sites for hydroxylation is 1. The molecule has 0 atom stereocenters. The number of nitrogens with zero attached hydrogens (tertiary/aromatic N) is 2. The SMILES string of the molecule is COc1ccc(C)cc1Nc1nccc(C(=O)NC(C)C)n1. The molecule has 0 unspecified atom stereocenters. The van der Waals surface area contributed by atoms with Gasteiger partial charge in [-0.3, -0.25) is 4.79 Å². The summed E-state index contributed by atoms with van der Waals surface area (Å²) >= 11 is 0. The standard InChI is InChI=1S/C16H20N4O2/c1-10(2)18-15(21)12-7-8-17-16(19-12)20-13-9-11(3)5-6-14(13)22-4/h5-10H,1-4H3,(H,18,21)(H,17,19,20). The van der Waals surface area contributed by atoms with Crippen LogP contribution in [0.25, 0.3) is 0 Å². The van der Waals surface area contributed by atoms with E-state index >= 15 is 0 Å². The Morgan fingerprint density at radius 2 is 2.05 bits per heavy atom. The molecule has 0 radical (unpaired) electrons. The topological polar surface area (TPSA) is 76.1 Å². The van der Waals surface area contributed by atoms with Gasteiger partial charge < -0.3 is 15.4 Å². The van der Waals surface area contributed by atoms with E-state index in [9.17, 15) is 4.79 Å². The lowest BCUT2D eigenvalue weighted by atomic mass is 10.2. The number of carbonyl (C=O) groups excluding carboxylic acids is 1. The minimum atomic E-state index is -0.225. The van der Waals surface area contributed by atoms with Crippen LogP contribution in [0.3, 0.4) is 0 Å². The lowest BCUT2D eigenvalue weighted by Gasteiger charge is -2.12. The van der Waals surface area contributed by atoms with Gasteiger partial charge in [-0.05, 0) is 44.5 Å². The Morgan fingerprint density at radius 1 is 1.27 bits per heavy atom. The fraction of sp³-hybridized carbons (Fsp3) is 0.312. The van der Waals surface area contributed by atoms with Crippen LogP contribution in [0.2, 0.25) is 0 Å². The average Bonchev–Trinajstić information content (AvgIpc) is 2.47. The number of carbonyl (C=O) groups is 1. The third-order valence-corrected chi connectivity index (χ3v) is 2.91. The molecule has 1 aromatic heterocycles. The van der Waals surface area contributed by atoms with E-state index in [0.29, 0.717) is 17.4 Å². The zero-order valence-electron chi connectivity index (χ0n) is 13.2. The number of amides is 1. The Bertz CT molecular complexity index is 671. The summed E-state index contributed by atoms with van der Waals surface area (Å²) < 4.78 is 5.31. The molecular weight excluding hydrogens is 280 g/mol. The zero-order chi connectivity index (χ0) is 16.1. The summed E-state index contributed by atoms with van der Waals surface area (Å²) in [5.41, 5.74) is 2.15. The van der Waals surface area contributed by atoms with E-state index in [2.05, 4.69) is 20.6 Å². The highest BCUT2D eigenvalue weighted by Gasteiger charge is 2.11. The second-order valence-electron chi connectivity index (χ2n) is 5.22. The van der Waals surface area contributed by atoms with E-state index in [1.54, 1.807) is 19.4 Å². The van der Waals surface area contributed by atoms with Crippen LogP contribution in [0.5, 0.6) is 5.75 Å². The van der Waals surface area contributed by atoms with Crippen LogP contribution in [0.4, 0.5) is 11.6 Å². The summed E-state index contributed by atoms with van der Waals surface area (Å²) in [5, 5.41) is 5.89. The van der Waals surface area contributed by atoms with Gasteiger partial charge in [-0.1, -0.05) is 6.07 Å². The summed E-state index contributed by atoms with van der Waals surface area (Å²) in [6.07, 6.45) is 1.55. The molecule has 0 saturated carbocycles. The van der Waals surface area contributed by atoms with Crippen LogP contribution in [0, 0.1) is 6.92 Å². The van der Waals surface area contributed by atoms with Crippen LogP contribution in [-0.4, -0.2) is 29.0 Å². The Morgan fingerprint density at radius 3 is 2.73 bits per heavy atom. The van der Waals surface area contributed by atoms with Gasteiger partial charge in [-0.2, -0.15) is 0 Å². The van der Waals surface area contributed by atoms with Gasteiger partial charge in [0.25, 0.3) is 5.91 Å². The van der Waals surface area contributed by atoms with E-state index in [-0.39, 0.29) is 11.9 Å². The Hall–Kier alpha value is -2.63. The molecule has 116 valence electrons. The summed E-state index contributed by atoms with van der Waals surface area (Å²) in [7, 11) is 1.60. The van der Waals surface area contributed by atoms with Gasteiger partial charge in [-0.25, -0.2) is 9.97 Å². The third-order valence-electron chi connectivity index (χ3n) is 2.91. The normalized spacial score (nSPS) is 10.4. The van der Waals surface area contributed by atoms with Crippen LogP contribution in [0.1, 0.15) is 29.9 Å². The molecule has 0 aliphatic rings. The van der Waals surface area contributed by atoms with Gasteiger partial charge in [-0.15, -0.1) is 0 Å². The van der Waals surface area contributed by atoms with Gasteiger partial charge in [0, 0.05) is 12.2 Å². The van der Waals surface area contributed by atoms with Gasteiger partial charge >= 0.3 is 0 Å². The number of hydrogen-bond acceptors (Lipinski definition) is 5. The smallest absolute Gasteiger partial charge is 0.270 e. The van der Waals surface area contributed by atoms with Crippen LogP contribution in [0.15, 0.2) is 30.5 Å². The van der Waals surface area contributed by atoms with Crippen molar-refractivity contribution in [2.45, 2.75) is 26.8 Å². The first-order chi connectivity index (χ1) is 10.5. The predicted octanol–water partition coefficient (Wildman–Crippen LogP) is 2.68. The van der Waals surface area contributed by atoms with Crippen molar-refractivity contribution < 1.29 is 9.53 Å². The highest BCUT2D eigenvalue weighted by atomic mass is 16.5. The maximum atomic E-state index is 12.0. The molecule has 0 bridgehead atoms. The number of nitrogens with one attached hydrogen (secondary N) is 2. The van der Waals surface area contributed by atoms with Crippen LogP contribution < -0.4 is 15.4 Å². The monoisotopic (exact) mass is 300 g/mol. The first-order valence-electron chi connectivity index (χ1n) is 7.05. The highest BCUT2D eigenvalue weighted by molar-refractivity contribution is 5.92. The van der Waals surface area contributed by atoms with E-state index in [4.69, 9.17) is 4.74 Å². The molecule has 2 N–H and O–H groups in total. The number of methoxy groups -OCH3 is 1. The molecule has 6 nitrogen and oxygen atoms in total. The predicted molar refractivity (Wildman–Crippen MR) is 85.6 cm³/mol. The maximum absolute atomic E-state index is 12.0. The van der Waals surface area contributed by atoms with Crippen molar-refractivity contribution in [2.24, 2.45) is 0 Å². The van der Waals surface area contributed by atoms with Crippen molar-refractivity contribution in [3.05, 3.63) is 41.7 Å². The lowest BCUT2D eigenvalue weighted by molar-refractivity contribution is 0.0938. The molecular formula is C16H20N4O2. The third kappa shape index (κ3) is 3.94. The first kappa shape index (κ1) is 15.8. The Kier molecular flexibility index (Phi) is 4.93. The summed E-state index contributed by atoms with van der Waals surface area (Å²) in [5.74, 6) is 0.809. The molecule has 1 heterocycles. The number of anilines is 2. The average molecular weight is 300 g/mol. The summed E-state index contributed by atoms with van der Waals surface area (Å²) in [6, 6.07) is 7.39. The molecule has 0 aliphatic heterocycles. The lowest BCUT2D eigenvalue weighted by Crippen LogP contribution is -2.30. The van der Waals surface area contributed by atoms with Crippen molar-refractivity contribution in [1.82, 2.24) is 15.3 Å². The molecule has 0 aliphatic carbocycles. The summed E-state index contributed by atoms with van der Waals surface area (Å²) in [4.78, 5) is 20.4. The molecule has 1 aromatic carbocycles. The fourth-order valence-electron chi connectivity index (χ4n) is 1.92. The van der Waals surface area contributed by atoms with Gasteiger partial charge in [0.1, 0.15) is 11.4 Å². The molecule has 0 fully saturated rings. The first-order valence-corrected chi connectivity index (χ1v) is 7.05. The van der Waals surface area contributed by atoms with Gasteiger partial charge in [0.2, 0.25) is 5.95 Å². The second-order valence-corrected chi connectivity index (χ2v) is 5.22. The van der Waals surface area contributed by atoms with Gasteiger partial charge in [0.15, 0.2) is 0 Å². The number of hydrogen-bond donors (Lipinski definition) is 2. The minimum absolute atomic E-state index is 0.0516. The van der Waals surface area contributed by atoms with Crippen molar-refractivity contribution in [2.75, 3.05) is 12.4 Å². The molecule has 0 saturated heterocycles. The van der Waals surface area contributed by atoms with Crippen LogP contribution in [-0.2, 0) is 0 Å². The van der Waals surface area contributed by atoms with Gasteiger partial charge in [0.05, 0.1) is 12.8 Å². The number of benzene rings is 1. The number of rotatable bonds is 5. The zero-order valence-corrected chi connectivity index (χ0v) is 13.2. The molecule has 1 amide bonds. The molecule has 2 aromatic rings.